The Bertz CT molecular complexity index is 119. The van der Waals surface area contributed by atoms with Crippen molar-refractivity contribution < 1.29 is 9.48 Å². The smallest absolute Gasteiger partial charge is 0.109 e. The third kappa shape index (κ3) is 2.46. The molecule has 0 aromatic heterocycles. The molecule has 12 heavy (non-hydrogen) atoms. The van der Waals surface area contributed by atoms with Crippen LogP contribution in [0.4, 0.5) is 0 Å². The van der Waals surface area contributed by atoms with Gasteiger partial charge >= 0.3 is 0 Å². The molecule has 72 valence electrons. The summed E-state index contributed by atoms with van der Waals surface area (Å²) in [6, 6.07) is 0. The van der Waals surface area contributed by atoms with Crippen molar-refractivity contribution in [3.63, 3.8) is 0 Å². The number of nitrogens with zero attached hydrogens (tertiary/aromatic N) is 1. The molecule has 1 aliphatic rings. The summed E-state index contributed by atoms with van der Waals surface area (Å²) in [6.07, 6.45) is 5.08. The zero-order valence-electron chi connectivity index (χ0n) is 8.51. The molecule has 0 aliphatic carbocycles. The highest BCUT2D eigenvalue weighted by atomic mass is 16.7. The van der Waals surface area contributed by atoms with E-state index >= 15 is 0 Å². The SMILES string of the molecule is CCCO[N+]1(CCC)CCCC1. The molecule has 0 amide bonds. The first-order valence-electron chi connectivity index (χ1n) is 5.33. The highest BCUT2D eigenvalue weighted by Crippen LogP contribution is 2.20. The van der Waals surface area contributed by atoms with Gasteiger partial charge in [0.05, 0.1) is 0 Å². The summed E-state index contributed by atoms with van der Waals surface area (Å²) >= 11 is 0. The monoisotopic (exact) mass is 172 g/mol. The molecule has 0 radical (unpaired) electrons. The Morgan fingerprint density at radius 3 is 2.25 bits per heavy atom. The first-order valence-corrected chi connectivity index (χ1v) is 5.33. The minimum Gasteiger partial charge on any atom is -0.203 e. The van der Waals surface area contributed by atoms with E-state index in [9.17, 15) is 0 Å². The Balaban J connectivity index is 2.35. The fourth-order valence-electron chi connectivity index (χ4n) is 2.02. The summed E-state index contributed by atoms with van der Waals surface area (Å²) in [5.41, 5.74) is 0. The van der Waals surface area contributed by atoms with Gasteiger partial charge in [0, 0.05) is 12.8 Å². The number of likely N-dealkylation sites (tertiary alicyclic amines) is 1. The summed E-state index contributed by atoms with van der Waals surface area (Å²) in [5, 5.41) is 0. The number of hydrogen-bond donors (Lipinski definition) is 0. The van der Waals surface area contributed by atoms with Crippen molar-refractivity contribution in [3.8, 4) is 0 Å². The Morgan fingerprint density at radius 2 is 1.75 bits per heavy atom. The van der Waals surface area contributed by atoms with Crippen LogP contribution in [0.25, 0.3) is 0 Å². The van der Waals surface area contributed by atoms with E-state index in [4.69, 9.17) is 4.84 Å². The normalized spacial score (nSPS) is 21.5. The van der Waals surface area contributed by atoms with Gasteiger partial charge in [0.25, 0.3) is 0 Å². The van der Waals surface area contributed by atoms with Gasteiger partial charge in [-0.05, 0) is 12.8 Å². The molecule has 1 rings (SSSR count). The van der Waals surface area contributed by atoms with Crippen LogP contribution in [0.5, 0.6) is 0 Å². The maximum atomic E-state index is 5.92. The minimum atomic E-state index is 0.931. The predicted molar refractivity (Wildman–Crippen MR) is 50.6 cm³/mol. The number of quaternary nitrogens is 1. The maximum absolute atomic E-state index is 5.92. The Morgan fingerprint density at radius 1 is 1.08 bits per heavy atom. The zero-order valence-corrected chi connectivity index (χ0v) is 8.51. The van der Waals surface area contributed by atoms with Crippen molar-refractivity contribution >= 4 is 0 Å². The molecule has 0 saturated carbocycles. The van der Waals surface area contributed by atoms with E-state index in [1.807, 2.05) is 0 Å². The standard InChI is InChI=1S/C10H22NO/c1-3-7-11(12-10-4-2)8-5-6-9-11/h3-10H2,1-2H3/q+1. The van der Waals surface area contributed by atoms with Gasteiger partial charge in [-0.2, -0.15) is 4.65 Å². The number of rotatable bonds is 5. The van der Waals surface area contributed by atoms with E-state index in [0.717, 1.165) is 17.7 Å². The van der Waals surface area contributed by atoms with Gasteiger partial charge in [-0.25, -0.2) is 4.84 Å². The predicted octanol–water partition coefficient (Wildman–Crippen LogP) is 2.35. The molecule has 1 heterocycles. The van der Waals surface area contributed by atoms with Crippen LogP contribution >= 0.6 is 0 Å². The fourth-order valence-corrected chi connectivity index (χ4v) is 2.02. The second kappa shape index (κ2) is 4.83. The van der Waals surface area contributed by atoms with E-state index in [-0.39, 0.29) is 0 Å². The minimum absolute atomic E-state index is 0.931. The van der Waals surface area contributed by atoms with Crippen LogP contribution in [0.3, 0.4) is 0 Å². The van der Waals surface area contributed by atoms with E-state index in [1.54, 1.807) is 0 Å². The summed E-state index contributed by atoms with van der Waals surface area (Å²) < 4.78 is 0.949. The molecule has 0 bridgehead atoms. The van der Waals surface area contributed by atoms with Crippen molar-refractivity contribution in [3.05, 3.63) is 0 Å². The third-order valence-electron chi connectivity index (χ3n) is 2.58. The van der Waals surface area contributed by atoms with Crippen LogP contribution in [0, 0.1) is 0 Å². The topological polar surface area (TPSA) is 9.23 Å². The van der Waals surface area contributed by atoms with E-state index in [2.05, 4.69) is 13.8 Å². The van der Waals surface area contributed by atoms with Crippen molar-refractivity contribution in [2.45, 2.75) is 39.5 Å². The maximum Gasteiger partial charge on any atom is 0.109 e. The molecule has 0 spiro atoms. The number of hydrogen-bond acceptors (Lipinski definition) is 1. The highest BCUT2D eigenvalue weighted by molar-refractivity contribution is 4.48. The number of hydroxylamine groups is 3. The second-order valence-corrected chi connectivity index (χ2v) is 3.77. The Hall–Kier alpha value is -0.0800. The molecule has 0 aromatic rings. The molecular formula is C10H22NO+. The molecule has 1 aliphatic heterocycles. The Kier molecular flexibility index (Phi) is 4.02. The first kappa shape index (κ1) is 10.0. The highest BCUT2D eigenvalue weighted by Gasteiger charge is 2.32. The van der Waals surface area contributed by atoms with E-state index < -0.39 is 0 Å². The average Bonchev–Trinajstić information content (AvgIpc) is 2.51. The van der Waals surface area contributed by atoms with Crippen LogP contribution in [0.15, 0.2) is 0 Å². The quantitative estimate of drug-likeness (QED) is 0.578. The van der Waals surface area contributed by atoms with Crippen molar-refractivity contribution in [2.24, 2.45) is 0 Å². The average molecular weight is 172 g/mol. The molecule has 2 nitrogen and oxygen atoms in total. The molecule has 0 aromatic carbocycles. The summed E-state index contributed by atoms with van der Waals surface area (Å²) in [6.45, 7) is 9.05. The molecule has 0 N–H and O–H groups in total. The van der Waals surface area contributed by atoms with E-state index in [0.29, 0.717) is 0 Å². The van der Waals surface area contributed by atoms with Crippen molar-refractivity contribution in [2.75, 3.05) is 26.2 Å². The van der Waals surface area contributed by atoms with Gasteiger partial charge in [-0.1, -0.05) is 13.8 Å². The molecule has 0 atom stereocenters. The van der Waals surface area contributed by atoms with Crippen LogP contribution in [0.2, 0.25) is 0 Å². The largest absolute Gasteiger partial charge is 0.203 e. The Labute approximate surface area is 76.1 Å². The van der Waals surface area contributed by atoms with E-state index in [1.165, 1.54) is 38.9 Å². The summed E-state index contributed by atoms with van der Waals surface area (Å²) in [7, 11) is 0. The van der Waals surface area contributed by atoms with Gasteiger partial charge in [-0.15, -0.1) is 0 Å². The second-order valence-electron chi connectivity index (χ2n) is 3.77. The summed E-state index contributed by atoms with van der Waals surface area (Å²) in [5.74, 6) is 0. The van der Waals surface area contributed by atoms with Gasteiger partial charge < -0.3 is 0 Å². The van der Waals surface area contributed by atoms with Crippen LogP contribution in [-0.4, -0.2) is 30.9 Å². The lowest BCUT2D eigenvalue weighted by Crippen LogP contribution is -2.45. The molecule has 0 unspecified atom stereocenters. The van der Waals surface area contributed by atoms with Gasteiger partial charge in [0.2, 0.25) is 0 Å². The van der Waals surface area contributed by atoms with Crippen LogP contribution in [0.1, 0.15) is 39.5 Å². The van der Waals surface area contributed by atoms with Gasteiger partial charge in [0.1, 0.15) is 26.2 Å². The fraction of sp³-hybridized carbons (Fsp3) is 1.00. The third-order valence-corrected chi connectivity index (χ3v) is 2.58. The first-order chi connectivity index (χ1) is 5.83. The summed E-state index contributed by atoms with van der Waals surface area (Å²) in [4.78, 5) is 5.92. The lowest BCUT2D eigenvalue weighted by Gasteiger charge is -2.30. The van der Waals surface area contributed by atoms with Crippen molar-refractivity contribution in [1.82, 2.24) is 0 Å². The van der Waals surface area contributed by atoms with Crippen LogP contribution in [-0.2, 0) is 4.84 Å². The van der Waals surface area contributed by atoms with Crippen LogP contribution < -0.4 is 0 Å². The van der Waals surface area contributed by atoms with Gasteiger partial charge in [-0.3, -0.25) is 0 Å². The molecular weight excluding hydrogens is 150 g/mol. The lowest BCUT2D eigenvalue weighted by atomic mass is 10.4. The van der Waals surface area contributed by atoms with Crippen molar-refractivity contribution in [1.29, 1.82) is 0 Å². The molecule has 1 fully saturated rings. The zero-order chi connectivity index (χ0) is 8.86. The molecule has 2 heteroatoms. The lowest BCUT2D eigenvalue weighted by molar-refractivity contribution is -1.10. The molecule has 1 saturated heterocycles. The van der Waals surface area contributed by atoms with Gasteiger partial charge in [0.15, 0.2) is 0 Å².